The zero-order chi connectivity index (χ0) is 21.1. The summed E-state index contributed by atoms with van der Waals surface area (Å²) in [5.41, 5.74) is -0.0991. The van der Waals surface area contributed by atoms with Crippen LogP contribution < -0.4 is 10.6 Å². The van der Waals surface area contributed by atoms with E-state index in [1.165, 1.54) is 28.6 Å². The molecule has 1 heterocycles. The number of carbonyl (C=O) groups is 2. The van der Waals surface area contributed by atoms with Gasteiger partial charge in [0.25, 0.3) is 5.91 Å². The number of hydrogen-bond donors (Lipinski definition) is 2. The molecule has 1 aliphatic heterocycles. The van der Waals surface area contributed by atoms with E-state index in [1.807, 2.05) is 34.6 Å². The molecule has 1 fully saturated rings. The smallest absolute Gasteiger partial charge is 0.251 e. The Morgan fingerprint density at radius 3 is 2.14 bits per heavy atom. The van der Waals surface area contributed by atoms with Gasteiger partial charge in [0, 0.05) is 24.2 Å². The van der Waals surface area contributed by atoms with E-state index in [9.17, 15) is 18.0 Å². The number of ether oxygens (including phenoxy) is 1. The molecular weight excluding hydrogens is 382 g/mol. The third-order valence-electron chi connectivity index (χ3n) is 4.06. The summed E-state index contributed by atoms with van der Waals surface area (Å²) in [6.45, 7) is 9.64. The second-order valence-electron chi connectivity index (χ2n) is 8.08. The number of morpholine rings is 1. The Labute approximate surface area is 166 Å². The number of nitrogens with zero attached hydrogens (tertiary/aromatic N) is 1. The number of hydrogen-bond acceptors (Lipinski definition) is 5. The van der Waals surface area contributed by atoms with E-state index in [0.29, 0.717) is 0 Å². The minimum atomic E-state index is -3.66. The second-order valence-corrected chi connectivity index (χ2v) is 10.0. The van der Waals surface area contributed by atoms with Crippen LogP contribution >= 0.6 is 0 Å². The maximum Gasteiger partial charge on any atom is 0.251 e. The van der Waals surface area contributed by atoms with Crippen molar-refractivity contribution in [3.63, 3.8) is 0 Å². The molecule has 2 atom stereocenters. The molecule has 28 heavy (non-hydrogen) atoms. The van der Waals surface area contributed by atoms with Gasteiger partial charge in [-0.1, -0.05) is 0 Å². The summed E-state index contributed by atoms with van der Waals surface area (Å²) in [6, 6.07) is 5.70. The van der Waals surface area contributed by atoms with E-state index in [2.05, 4.69) is 10.6 Å². The molecule has 0 radical (unpaired) electrons. The van der Waals surface area contributed by atoms with Crippen LogP contribution in [0.5, 0.6) is 0 Å². The van der Waals surface area contributed by atoms with E-state index in [1.54, 1.807) is 0 Å². The van der Waals surface area contributed by atoms with Gasteiger partial charge in [0.2, 0.25) is 15.9 Å². The number of nitrogens with one attached hydrogen (secondary N) is 2. The van der Waals surface area contributed by atoms with Crippen LogP contribution in [-0.4, -0.2) is 61.9 Å². The van der Waals surface area contributed by atoms with E-state index in [4.69, 9.17) is 4.74 Å². The number of rotatable bonds is 5. The highest BCUT2D eigenvalue weighted by Gasteiger charge is 2.32. The summed E-state index contributed by atoms with van der Waals surface area (Å²) < 4.78 is 32.6. The van der Waals surface area contributed by atoms with Crippen molar-refractivity contribution in [2.45, 2.75) is 57.3 Å². The van der Waals surface area contributed by atoms with Crippen molar-refractivity contribution in [1.29, 1.82) is 0 Å². The molecule has 0 aliphatic carbocycles. The Bertz CT molecular complexity index is 805. The molecule has 2 rings (SSSR count). The summed E-state index contributed by atoms with van der Waals surface area (Å²) in [7, 11) is -3.66. The van der Waals surface area contributed by atoms with Crippen LogP contribution in [0, 0.1) is 0 Å². The molecule has 0 aromatic heterocycles. The average molecular weight is 412 g/mol. The van der Waals surface area contributed by atoms with Crippen LogP contribution in [0.25, 0.3) is 0 Å². The van der Waals surface area contributed by atoms with Gasteiger partial charge in [0.15, 0.2) is 0 Å². The summed E-state index contributed by atoms with van der Waals surface area (Å²) in [6.07, 6.45) is -0.356. The third-order valence-corrected chi connectivity index (χ3v) is 5.91. The van der Waals surface area contributed by atoms with Crippen molar-refractivity contribution in [3.05, 3.63) is 29.8 Å². The molecule has 8 nitrogen and oxygen atoms in total. The normalized spacial score (nSPS) is 21.2. The lowest BCUT2D eigenvalue weighted by atomic mass is 10.1. The molecular formula is C19H29N3O5S. The van der Waals surface area contributed by atoms with Crippen LogP contribution in [0.15, 0.2) is 29.2 Å². The predicted octanol–water partition coefficient (Wildman–Crippen LogP) is 1.13. The molecule has 1 saturated heterocycles. The second kappa shape index (κ2) is 8.59. The van der Waals surface area contributed by atoms with E-state index < -0.39 is 15.9 Å². The lowest BCUT2D eigenvalue weighted by Crippen LogP contribution is -2.48. The fourth-order valence-electron chi connectivity index (χ4n) is 2.98. The Hall–Kier alpha value is -1.97. The quantitative estimate of drug-likeness (QED) is 0.756. The summed E-state index contributed by atoms with van der Waals surface area (Å²) in [4.78, 5) is 24.1. The van der Waals surface area contributed by atoms with Gasteiger partial charge in [-0.25, -0.2) is 8.42 Å². The summed E-state index contributed by atoms with van der Waals surface area (Å²) in [5, 5.41) is 5.28. The number of sulfonamides is 1. The highest BCUT2D eigenvalue weighted by molar-refractivity contribution is 7.89. The SMILES string of the molecule is C[C@@H]1CN(S(=O)(=O)c2ccc(C(=O)NCC(=O)NC(C)(C)C)cc2)C[C@H](C)O1. The van der Waals surface area contributed by atoms with Crippen LogP contribution in [-0.2, 0) is 19.6 Å². The largest absolute Gasteiger partial charge is 0.373 e. The van der Waals surface area contributed by atoms with Gasteiger partial charge in [-0.2, -0.15) is 4.31 Å². The first-order valence-corrected chi connectivity index (χ1v) is 10.7. The monoisotopic (exact) mass is 411 g/mol. The maximum atomic E-state index is 12.8. The van der Waals surface area contributed by atoms with E-state index >= 15 is 0 Å². The van der Waals surface area contributed by atoms with Gasteiger partial charge >= 0.3 is 0 Å². The maximum absolute atomic E-state index is 12.8. The molecule has 1 aromatic carbocycles. The third kappa shape index (κ3) is 6.02. The Kier molecular flexibility index (Phi) is 6.84. The van der Waals surface area contributed by atoms with Gasteiger partial charge in [0.1, 0.15) is 0 Å². The lowest BCUT2D eigenvalue weighted by molar-refractivity contribution is -0.121. The van der Waals surface area contributed by atoms with Crippen LogP contribution in [0.4, 0.5) is 0 Å². The van der Waals surface area contributed by atoms with E-state index in [-0.39, 0.29) is 53.7 Å². The van der Waals surface area contributed by atoms with Gasteiger partial charge < -0.3 is 15.4 Å². The molecule has 0 bridgehead atoms. The number of carbonyl (C=O) groups excluding carboxylic acids is 2. The fourth-order valence-corrected chi connectivity index (χ4v) is 4.57. The molecule has 0 spiro atoms. The number of amides is 2. The predicted molar refractivity (Wildman–Crippen MR) is 105 cm³/mol. The van der Waals surface area contributed by atoms with Crippen molar-refractivity contribution in [3.8, 4) is 0 Å². The first-order valence-electron chi connectivity index (χ1n) is 9.23. The van der Waals surface area contributed by atoms with Crippen molar-refractivity contribution in [1.82, 2.24) is 14.9 Å². The van der Waals surface area contributed by atoms with Crippen LogP contribution in [0.2, 0.25) is 0 Å². The van der Waals surface area contributed by atoms with Gasteiger partial charge in [0.05, 0.1) is 23.6 Å². The zero-order valence-electron chi connectivity index (χ0n) is 17.0. The van der Waals surface area contributed by atoms with E-state index in [0.717, 1.165) is 0 Å². The Balaban J connectivity index is 2.02. The minimum Gasteiger partial charge on any atom is -0.373 e. The fraction of sp³-hybridized carbons (Fsp3) is 0.579. The highest BCUT2D eigenvalue weighted by Crippen LogP contribution is 2.21. The topological polar surface area (TPSA) is 105 Å². The molecule has 1 aromatic rings. The minimum absolute atomic E-state index is 0.121. The standard InChI is InChI=1S/C19H29N3O5S/c1-13-11-22(12-14(2)27-13)28(25,26)16-8-6-15(7-9-16)18(24)20-10-17(23)21-19(3,4)5/h6-9,13-14H,10-12H2,1-5H3,(H,20,24)(H,21,23)/t13-,14+. The molecule has 2 N–H and O–H groups in total. The molecule has 9 heteroatoms. The average Bonchev–Trinajstić information content (AvgIpc) is 2.57. The summed E-state index contributed by atoms with van der Waals surface area (Å²) >= 11 is 0. The number of benzene rings is 1. The highest BCUT2D eigenvalue weighted by atomic mass is 32.2. The van der Waals surface area contributed by atoms with Gasteiger partial charge in [-0.15, -0.1) is 0 Å². The molecule has 2 amide bonds. The Morgan fingerprint density at radius 2 is 1.64 bits per heavy atom. The first kappa shape index (κ1) is 22.3. The van der Waals surface area contributed by atoms with Crippen LogP contribution in [0.3, 0.4) is 0 Å². The molecule has 1 aliphatic rings. The Morgan fingerprint density at radius 1 is 1.11 bits per heavy atom. The van der Waals surface area contributed by atoms with Crippen molar-refractivity contribution >= 4 is 21.8 Å². The van der Waals surface area contributed by atoms with Crippen molar-refractivity contribution < 1.29 is 22.7 Å². The lowest BCUT2D eigenvalue weighted by Gasteiger charge is -2.34. The van der Waals surface area contributed by atoms with Crippen molar-refractivity contribution in [2.24, 2.45) is 0 Å². The van der Waals surface area contributed by atoms with Gasteiger partial charge in [-0.05, 0) is 58.9 Å². The van der Waals surface area contributed by atoms with Crippen LogP contribution in [0.1, 0.15) is 45.0 Å². The summed E-state index contributed by atoms with van der Waals surface area (Å²) in [5.74, 6) is -0.739. The molecule has 0 saturated carbocycles. The first-order chi connectivity index (χ1) is 12.9. The molecule has 156 valence electrons. The van der Waals surface area contributed by atoms with Gasteiger partial charge in [-0.3, -0.25) is 9.59 Å². The van der Waals surface area contributed by atoms with Crippen molar-refractivity contribution in [2.75, 3.05) is 19.6 Å². The zero-order valence-corrected chi connectivity index (χ0v) is 17.8. The molecule has 0 unspecified atom stereocenters.